The predicted molar refractivity (Wildman–Crippen MR) is 105 cm³/mol. The monoisotopic (exact) mass is 427 g/mol. The first-order valence-corrected chi connectivity index (χ1v) is 9.31. The average Bonchev–Trinajstić information content (AvgIpc) is 2.74. The lowest BCUT2D eigenvalue weighted by Gasteiger charge is -2.11. The molecule has 0 spiro atoms. The maximum Gasteiger partial charge on any atom is 0.202 e. The van der Waals surface area contributed by atoms with Crippen LogP contribution in [0.3, 0.4) is 0 Å². The Balaban J connectivity index is 1.98. The number of nitrogens with zero attached hydrogens (tertiary/aromatic N) is 2. The van der Waals surface area contributed by atoms with Gasteiger partial charge in [0, 0.05) is 13.1 Å². The van der Waals surface area contributed by atoms with E-state index in [0.717, 1.165) is 24.1 Å². The molecule has 0 fully saturated rings. The highest BCUT2D eigenvalue weighted by molar-refractivity contribution is 5.74. The molecule has 0 radical (unpaired) electrons. The second-order valence-corrected chi connectivity index (χ2v) is 6.54. The van der Waals surface area contributed by atoms with Crippen molar-refractivity contribution in [1.29, 1.82) is 0 Å². The number of benzene rings is 2. The molecule has 0 bridgehead atoms. The largest absolute Gasteiger partial charge is 0.475 e. The maximum absolute atomic E-state index is 13.6. The molecule has 30 heavy (non-hydrogen) atoms. The Hall–Kier alpha value is -2.97. The van der Waals surface area contributed by atoms with Crippen molar-refractivity contribution in [2.45, 2.75) is 46.3 Å². The quantitative estimate of drug-likeness (QED) is 0.150. The van der Waals surface area contributed by atoms with E-state index in [9.17, 15) is 22.0 Å². The van der Waals surface area contributed by atoms with Crippen LogP contribution in [0.5, 0.6) is 0 Å². The predicted octanol–water partition coefficient (Wildman–Crippen LogP) is 5.57. The third-order valence-electron chi connectivity index (χ3n) is 4.10. The van der Waals surface area contributed by atoms with Gasteiger partial charge in [0.25, 0.3) is 0 Å². The van der Waals surface area contributed by atoms with Gasteiger partial charge in [-0.25, -0.2) is 22.0 Å². The molecule has 0 aliphatic rings. The molecular formula is C21H22F5N3O. The third kappa shape index (κ3) is 5.77. The number of halogens is 5. The molecular weight excluding hydrogens is 405 g/mol. The summed E-state index contributed by atoms with van der Waals surface area (Å²) in [5.74, 6) is -10.2. The standard InChI is InChI=1S/C21H22F5N3O/c1-4-7-14-8-5-6-9-16(14)27-10-12(2)28-29-13(3)30-11-15-17(22)19(24)21(26)20(25)18(15)23/h5-6,8-10,12,28H,4,7,11H2,1-3H3/b27-10?,29-13+. The van der Waals surface area contributed by atoms with E-state index in [4.69, 9.17) is 4.74 Å². The van der Waals surface area contributed by atoms with Crippen molar-refractivity contribution in [2.24, 2.45) is 10.1 Å². The van der Waals surface area contributed by atoms with E-state index in [0.29, 0.717) is 0 Å². The number of hydrazone groups is 1. The van der Waals surface area contributed by atoms with Gasteiger partial charge in [0.05, 0.1) is 17.3 Å². The summed E-state index contributed by atoms with van der Waals surface area (Å²) in [6.07, 6.45) is 3.53. The molecule has 0 aliphatic heterocycles. The van der Waals surface area contributed by atoms with Gasteiger partial charge in [-0.15, -0.1) is 5.10 Å². The van der Waals surface area contributed by atoms with Gasteiger partial charge in [0.2, 0.25) is 11.7 Å². The minimum atomic E-state index is -2.21. The highest BCUT2D eigenvalue weighted by Gasteiger charge is 2.25. The Kier molecular flexibility index (Phi) is 8.32. The number of para-hydroxylation sites is 1. The molecule has 0 heterocycles. The summed E-state index contributed by atoms with van der Waals surface area (Å²) < 4.78 is 71.8. The second-order valence-electron chi connectivity index (χ2n) is 6.54. The van der Waals surface area contributed by atoms with Crippen molar-refractivity contribution in [3.05, 3.63) is 64.5 Å². The fourth-order valence-corrected chi connectivity index (χ4v) is 2.52. The summed E-state index contributed by atoms with van der Waals surface area (Å²) in [5.41, 5.74) is 3.62. The minimum Gasteiger partial charge on any atom is -0.475 e. The molecule has 2 aromatic rings. The van der Waals surface area contributed by atoms with Crippen LogP contribution in [-0.4, -0.2) is 18.2 Å². The second kappa shape index (κ2) is 10.7. The molecule has 0 saturated heterocycles. The SMILES string of the molecule is CCCc1ccccc1N=CC(C)N/N=C(\C)OCc1c(F)c(F)c(F)c(F)c1F. The first-order chi connectivity index (χ1) is 14.3. The van der Waals surface area contributed by atoms with Gasteiger partial charge in [0.1, 0.15) is 6.61 Å². The van der Waals surface area contributed by atoms with E-state index in [2.05, 4.69) is 22.4 Å². The van der Waals surface area contributed by atoms with Crippen molar-refractivity contribution < 1.29 is 26.7 Å². The Morgan fingerprint density at radius 2 is 1.63 bits per heavy atom. The fraction of sp³-hybridized carbons (Fsp3) is 0.333. The van der Waals surface area contributed by atoms with Crippen molar-refractivity contribution >= 4 is 17.8 Å². The number of aliphatic imine (C=N–C) groups is 1. The zero-order valence-electron chi connectivity index (χ0n) is 16.8. The molecule has 9 heteroatoms. The number of nitrogens with one attached hydrogen (secondary N) is 1. The summed E-state index contributed by atoms with van der Waals surface area (Å²) >= 11 is 0. The minimum absolute atomic E-state index is 0.0504. The fourth-order valence-electron chi connectivity index (χ4n) is 2.52. The van der Waals surface area contributed by atoms with Crippen LogP contribution < -0.4 is 5.43 Å². The highest BCUT2D eigenvalue weighted by Crippen LogP contribution is 2.23. The maximum atomic E-state index is 13.6. The first-order valence-electron chi connectivity index (χ1n) is 9.31. The van der Waals surface area contributed by atoms with Crippen LogP contribution in [0.25, 0.3) is 0 Å². The van der Waals surface area contributed by atoms with Crippen LogP contribution in [0.1, 0.15) is 38.3 Å². The molecule has 2 rings (SSSR count). The van der Waals surface area contributed by atoms with Gasteiger partial charge in [0.15, 0.2) is 23.3 Å². The Morgan fingerprint density at radius 3 is 2.27 bits per heavy atom. The number of hydrogen-bond donors (Lipinski definition) is 1. The molecule has 0 aliphatic carbocycles. The van der Waals surface area contributed by atoms with Crippen LogP contribution in [-0.2, 0) is 17.8 Å². The van der Waals surface area contributed by atoms with Gasteiger partial charge in [-0.3, -0.25) is 10.4 Å². The van der Waals surface area contributed by atoms with Crippen LogP contribution >= 0.6 is 0 Å². The van der Waals surface area contributed by atoms with Crippen LogP contribution in [0.4, 0.5) is 27.6 Å². The topological polar surface area (TPSA) is 46.0 Å². The van der Waals surface area contributed by atoms with Crippen molar-refractivity contribution in [3.63, 3.8) is 0 Å². The summed E-state index contributed by atoms with van der Waals surface area (Å²) in [6, 6.07) is 7.42. The van der Waals surface area contributed by atoms with E-state index in [1.807, 2.05) is 24.3 Å². The molecule has 0 amide bonds. The summed E-state index contributed by atoms with van der Waals surface area (Å²) in [7, 11) is 0. The molecule has 0 saturated carbocycles. The molecule has 2 aromatic carbocycles. The number of hydrogen-bond acceptors (Lipinski definition) is 4. The lowest BCUT2D eigenvalue weighted by molar-refractivity contribution is 0.263. The van der Waals surface area contributed by atoms with Crippen molar-refractivity contribution in [1.82, 2.24) is 5.43 Å². The third-order valence-corrected chi connectivity index (χ3v) is 4.10. The molecule has 1 atom stereocenters. The Morgan fingerprint density at radius 1 is 1.03 bits per heavy atom. The summed E-state index contributed by atoms with van der Waals surface area (Å²) in [5, 5.41) is 3.88. The van der Waals surface area contributed by atoms with Gasteiger partial charge in [-0.1, -0.05) is 31.5 Å². The van der Waals surface area contributed by atoms with E-state index in [1.54, 1.807) is 13.1 Å². The lowest BCUT2D eigenvalue weighted by atomic mass is 10.1. The van der Waals surface area contributed by atoms with Crippen LogP contribution in [0, 0.1) is 29.1 Å². The smallest absolute Gasteiger partial charge is 0.202 e. The normalized spacial score (nSPS) is 13.0. The average molecular weight is 427 g/mol. The van der Waals surface area contributed by atoms with E-state index >= 15 is 0 Å². The lowest BCUT2D eigenvalue weighted by Crippen LogP contribution is -2.23. The number of rotatable bonds is 8. The first kappa shape index (κ1) is 23.3. The van der Waals surface area contributed by atoms with E-state index in [1.165, 1.54) is 6.92 Å². The zero-order valence-corrected chi connectivity index (χ0v) is 16.8. The van der Waals surface area contributed by atoms with E-state index in [-0.39, 0.29) is 11.9 Å². The van der Waals surface area contributed by atoms with Gasteiger partial charge < -0.3 is 4.74 Å². The molecule has 1 unspecified atom stereocenters. The number of ether oxygens (including phenoxy) is 1. The highest BCUT2D eigenvalue weighted by atomic mass is 19.2. The van der Waals surface area contributed by atoms with Gasteiger partial charge in [-0.05, 0) is 25.0 Å². The van der Waals surface area contributed by atoms with E-state index < -0.39 is 41.3 Å². The van der Waals surface area contributed by atoms with Crippen LogP contribution in [0.2, 0.25) is 0 Å². The summed E-state index contributed by atoms with van der Waals surface area (Å²) in [6.45, 7) is 4.36. The number of aryl methyl sites for hydroxylation is 1. The van der Waals surface area contributed by atoms with Crippen molar-refractivity contribution in [3.8, 4) is 0 Å². The molecule has 1 N–H and O–H groups in total. The zero-order chi connectivity index (χ0) is 22.3. The molecule has 4 nitrogen and oxygen atoms in total. The van der Waals surface area contributed by atoms with Gasteiger partial charge in [-0.2, -0.15) is 0 Å². The molecule has 0 aromatic heterocycles. The van der Waals surface area contributed by atoms with Gasteiger partial charge >= 0.3 is 0 Å². The molecule has 162 valence electrons. The van der Waals surface area contributed by atoms with Crippen LogP contribution in [0.15, 0.2) is 34.4 Å². The van der Waals surface area contributed by atoms with Crippen molar-refractivity contribution in [2.75, 3.05) is 0 Å². The summed E-state index contributed by atoms with van der Waals surface area (Å²) in [4.78, 5) is 4.43. The Bertz CT molecular complexity index is 917. The Labute approximate surface area is 171 Å².